The summed E-state index contributed by atoms with van der Waals surface area (Å²) in [6.07, 6.45) is 7.02. The molecule has 2 atom stereocenters. The van der Waals surface area contributed by atoms with E-state index in [2.05, 4.69) is 6.92 Å². The van der Waals surface area contributed by atoms with Crippen LogP contribution in [0.4, 0.5) is 0 Å². The van der Waals surface area contributed by atoms with Crippen molar-refractivity contribution in [3.05, 3.63) is 0 Å². The first-order valence-corrected chi connectivity index (χ1v) is 10.3. The molecule has 4 bridgehead atoms. The Morgan fingerprint density at radius 2 is 1.61 bits per heavy atom. The standard InChI is InChI=1S/C16H27N3O3S/c1-15-7-12-6-13(8-15)10-16(9-12,11-15)14(20)18-2-4-19(5-3-18)23(17,21)22/h12-13H,2-11H2,1H3,(H2,17,21,22). The lowest BCUT2D eigenvalue weighted by atomic mass is 9.44. The molecule has 0 aromatic rings. The fourth-order valence-corrected chi connectivity index (χ4v) is 7.12. The zero-order valence-electron chi connectivity index (χ0n) is 13.8. The molecule has 1 amide bonds. The molecule has 1 heterocycles. The van der Waals surface area contributed by atoms with Gasteiger partial charge in [-0.25, -0.2) is 5.14 Å². The zero-order chi connectivity index (χ0) is 16.5. The minimum atomic E-state index is -3.63. The summed E-state index contributed by atoms with van der Waals surface area (Å²) in [5.41, 5.74) is 0.185. The quantitative estimate of drug-likeness (QED) is 0.811. The molecular formula is C16H27N3O3S. The second-order valence-corrected chi connectivity index (χ2v) is 10.3. The summed E-state index contributed by atoms with van der Waals surface area (Å²) >= 11 is 0. The van der Waals surface area contributed by atoms with E-state index in [0.717, 1.165) is 31.1 Å². The molecule has 23 heavy (non-hydrogen) atoms. The van der Waals surface area contributed by atoms with Gasteiger partial charge in [0, 0.05) is 26.2 Å². The highest BCUT2D eigenvalue weighted by Crippen LogP contribution is 2.65. The smallest absolute Gasteiger partial charge is 0.277 e. The van der Waals surface area contributed by atoms with Gasteiger partial charge < -0.3 is 4.90 Å². The molecule has 5 rings (SSSR count). The monoisotopic (exact) mass is 341 g/mol. The van der Waals surface area contributed by atoms with Crippen molar-refractivity contribution in [1.29, 1.82) is 0 Å². The summed E-state index contributed by atoms with van der Waals surface area (Å²) in [5.74, 6) is 1.72. The van der Waals surface area contributed by atoms with E-state index in [1.54, 1.807) is 0 Å². The number of carbonyl (C=O) groups is 1. The molecule has 0 spiro atoms. The first kappa shape index (κ1) is 15.8. The van der Waals surface area contributed by atoms with Crippen molar-refractivity contribution in [1.82, 2.24) is 9.21 Å². The first-order valence-electron chi connectivity index (χ1n) is 8.77. The lowest BCUT2D eigenvalue weighted by Crippen LogP contribution is -2.60. The number of hydrogen-bond donors (Lipinski definition) is 1. The second kappa shape index (κ2) is 4.92. The summed E-state index contributed by atoms with van der Waals surface area (Å²) in [4.78, 5) is 15.2. The van der Waals surface area contributed by atoms with Crippen LogP contribution in [0.15, 0.2) is 0 Å². The highest BCUT2D eigenvalue weighted by Gasteiger charge is 2.59. The SMILES string of the molecule is CC12CC3CC(C1)CC(C(=O)N1CCN(S(N)(=O)=O)CC1)(C3)C2. The lowest BCUT2D eigenvalue weighted by molar-refractivity contribution is -0.167. The Morgan fingerprint density at radius 1 is 1.04 bits per heavy atom. The van der Waals surface area contributed by atoms with E-state index in [9.17, 15) is 13.2 Å². The van der Waals surface area contributed by atoms with Crippen LogP contribution in [0.1, 0.15) is 45.4 Å². The molecule has 0 aromatic heterocycles. The Morgan fingerprint density at radius 3 is 2.09 bits per heavy atom. The Kier molecular flexibility index (Phi) is 3.39. The average molecular weight is 341 g/mol. The Bertz CT molecular complexity index is 610. The van der Waals surface area contributed by atoms with Crippen LogP contribution in [0.3, 0.4) is 0 Å². The second-order valence-electron chi connectivity index (χ2n) is 8.79. The van der Waals surface area contributed by atoms with Gasteiger partial charge >= 0.3 is 0 Å². The molecule has 7 heteroatoms. The third-order valence-electron chi connectivity index (χ3n) is 6.69. The third-order valence-corrected chi connectivity index (χ3v) is 7.78. The molecule has 4 saturated carbocycles. The van der Waals surface area contributed by atoms with E-state index in [1.807, 2.05) is 4.90 Å². The normalized spacial score (nSPS) is 43.8. The van der Waals surface area contributed by atoms with Crippen molar-refractivity contribution in [3.8, 4) is 0 Å². The van der Waals surface area contributed by atoms with Gasteiger partial charge in [-0.3, -0.25) is 4.79 Å². The Labute approximate surface area is 138 Å². The van der Waals surface area contributed by atoms with Gasteiger partial charge in [0.15, 0.2) is 0 Å². The maximum atomic E-state index is 13.3. The molecule has 0 radical (unpaired) electrons. The van der Waals surface area contributed by atoms with E-state index in [1.165, 1.54) is 23.6 Å². The van der Waals surface area contributed by atoms with Crippen molar-refractivity contribution >= 4 is 16.1 Å². The largest absolute Gasteiger partial charge is 0.340 e. The minimum absolute atomic E-state index is 0.164. The molecule has 2 N–H and O–H groups in total. The molecule has 2 unspecified atom stereocenters. The van der Waals surface area contributed by atoms with Gasteiger partial charge in [-0.15, -0.1) is 0 Å². The number of piperazine rings is 1. The third kappa shape index (κ3) is 2.61. The topological polar surface area (TPSA) is 83.7 Å². The predicted octanol–water partition coefficient (Wildman–Crippen LogP) is 0.941. The van der Waals surface area contributed by atoms with Crippen molar-refractivity contribution in [2.24, 2.45) is 27.8 Å². The van der Waals surface area contributed by atoms with E-state index in [-0.39, 0.29) is 11.3 Å². The number of nitrogens with two attached hydrogens (primary N) is 1. The Hall–Kier alpha value is -0.660. The van der Waals surface area contributed by atoms with E-state index in [0.29, 0.717) is 31.6 Å². The van der Waals surface area contributed by atoms with Crippen LogP contribution in [0.25, 0.3) is 0 Å². The number of nitrogens with zero attached hydrogens (tertiary/aromatic N) is 2. The van der Waals surface area contributed by atoms with Crippen LogP contribution >= 0.6 is 0 Å². The van der Waals surface area contributed by atoms with Crippen LogP contribution in [0.5, 0.6) is 0 Å². The van der Waals surface area contributed by atoms with Gasteiger partial charge in [0.1, 0.15) is 0 Å². The lowest BCUT2D eigenvalue weighted by Gasteiger charge is -2.61. The van der Waals surface area contributed by atoms with Crippen molar-refractivity contribution in [2.75, 3.05) is 26.2 Å². The Balaban J connectivity index is 1.50. The van der Waals surface area contributed by atoms with Gasteiger partial charge in [0.2, 0.25) is 5.91 Å². The van der Waals surface area contributed by atoms with Crippen molar-refractivity contribution in [2.45, 2.75) is 45.4 Å². The number of carbonyl (C=O) groups excluding carboxylic acids is 1. The molecule has 5 fully saturated rings. The van der Waals surface area contributed by atoms with Crippen LogP contribution in [0, 0.1) is 22.7 Å². The molecular weight excluding hydrogens is 314 g/mol. The number of rotatable bonds is 2. The van der Waals surface area contributed by atoms with Crippen LogP contribution < -0.4 is 5.14 Å². The van der Waals surface area contributed by atoms with Crippen molar-refractivity contribution in [3.63, 3.8) is 0 Å². The van der Waals surface area contributed by atoms with Gasteiger partial charge in [0.05, 0.1) is 5.41 Å². The zero-order valence-corrected chi connectivity index (χ0v) is 14.6. The molecule has 1 saturated heterocycles. The fraction of sp³-hybridized carbons (Fsp3) is 0.938. The van der Waals surface area contributed by atoms with E-state index >= 15 is 0 Å². The predicted molar refractivity (Wildman–Crippen MR) is 86.5 cm³/mol. The van der Waals surface area contributed by atoms with Crippen molar-refractivity contribution < 1.29 is 13.2 Å². The molecule has 5 aliphatic rings. The summed E-state index contributed by atoms with van der Waals surface area (Å²) in [5, 5.41) is 5.19. The highest BCUT2D eigenvalue weighted by molar-refractivity contribution is 7.86. The molecule has 1 aliphatic heterocycles. The highest BCUT2D eigenvalue weighted by atomic mass is 32.2. The minimum Gasteiger partial charge on any atom is -0.340 e. The van der Waals surface area contributed by atoms with E-state index < -0.39 is 10.2 Å². The fourth-order valence-electron chi connectivity index (χ4n) is 6.45. The van der Waals surface area contributed by atoms with Gasteiger partial charge in [-0.05, 0) is 55.8 Å². The van der Waals surface area contributed by atoms with Gasteiger partial charge in [-0.1, -0.05) is 6.92 Å². The molecule has 6 nitrogen and oxygen atoms in total. The summed E-state index contributed by atoms with van der Waals surface area (Å²) < 4.78 is 24.1. The first-order chi connectivity index (χ1) is 10.7. The maximum Gasteiger partial charge on any atom is 0.277 e. The summed E-state index contributed by atoms with van der Waals surface area (Å²) in [6.45, 7) is 3.97. The molecule has 130 valence electrons. The van der Waals surface area contributed by atoms with E-state index in [4.69, 9.17) is 5.14 Å². The molecule has 4 aliphatic carbocycles. The van der Waals surface area contributed by atoms with Gasteiger partial charge in [-0.2, -0.15) is 12.7 Å². The van der Waals surface area contributed by atoms with Gasteiger partial charge in [0.25, 0.3) is 10.2 Å². The number of amides is 1. The maximum absolute atomic E-state index is 13.3. The summed E-state index contributed by atoms with van der Waals surface area (Å²) in [6, 6.07) is 0. The number of hydrogen-bond acceptors (Lipinski definition) is 3. The average Bonchev–Trinajstić information content (AvgIpc) is 2.43. The summed E-state index contributed by atoms with van der Waals surface area (Å²) in [7, 11) is -3.63. The van der Waals surface area contributed by atoms with Crippen LogP contribution in [-0.2, 0) is 15.0 Å². The molecule has 0 aromatic carbocycles. The van der Waals surface area contributed by atoms with Crippen LogP contribution in [-0.4, -0.2) is 49.7 Å². The van der Waals surface area contributed by atoms with Crippen LogP contribution in [0.2, 0.25) is 0 Å².